The molecule has 1 aromatic carbocycles. The highest BCUT2D eigenvalue weighted by atomic mass is 35.5. The number of benzene rings is 1. The zero-order valence-electron chi connectivity index (χ0n) is 12.9. The summed E-state index contributed by atoms with van der Waals surface area (Å²) in [6.45, 7) is 2.65. The first-order chi connectivity index (χ1) is 10.2. The summed E-state index contributed by atoms with van der Waals surface area (Å²) in [6.07, 6.45) is 3.17. The molecule has 3 N–H and O–H groups in total. The van der Waals surface area contributed by atoms with Gasteiger partial charge in [-0.25, -0.2) is 0 Å². The molecule has 1 aromatic rings. The van der Waals surface area contributed by atoms with Crippen LogP contribution in [0.15, 0.2) is 24.3 Å². The molecule has 1 atom stereocenters. The normalized spacial score (nSPS) is 16.1. The number of carbonyl (C=O) groups excluding carboxylic acids is 1. The standard InChI is InChI=1S/C16H24N2OS2.ClH/c1-2-3-4-14(11-17)18-15(19)12-5-7-13(8-6-12)16-20-9-10-21-16;/h5-8,14,16H,2-4,9-11,17H2,1H3,(H,18,19);1H. The number of nitrogens with two attached hydrogens (primary N) is 1. The van der Waals surface area contributed by atoms with Gasteiger partial charge in [0.05, 0.1) is 4.58 Å². The lowest BCUT2D eigenvalue weighted by molar-refractivity contribution is 0.0936. The van der Waals surface area contributed by atoms with Gasteiger partial charge in [0.15, 0.2) is 0 Å². The van der Waals surface area contributed by atoms with E-state index >= 15 is 0 Å². The molecule has 1 amide bonds. The van der Waals surface area contributed by atoms with Gasteiger partial charge in [-0.2, -0.15) is 0 Å². The molecule has 0 spiro atoms. The fraction of sp³-hybridized carbons (Fsp3) is 0.562. The van der Waals surface area contributed by atoms with Gasteiger partial charge < -0.3 is 11.1 Å². The third kappa shape index (κ3) is 5.69. The number of nitrogens with one attached hydrogen (secondary N) is 1. The predicted octanol–water partition coefficient (Wildman–Crippen LogP) is 3.83. The number of amides is 1. The smallest absolute Gasteiger partial charge is 0.251 e. The lowest BCUT2D eigenvalue weighted by Gasteiger charge is -2.17. The largest absolute Gasteiger partial charge is 0.348 e. The Morgan fingerprint density at radius 3 is 2.50 bits per heavy atom. The van der Waals surface area contributed by atoms with Crippen molar-refractivity contribution in [2.24, 2.45) is 5.73 Å². The maximum Gasteiger partial charge on any atom is 0.251 e. The van der Waals surface area contributed by atoms with Crippen molar-refractivity contribution in [3.8, 4) is 0 Å². The van der Waals surface area contributed by atoms with Crippen LogP contribution in [-0.4, -0.2) is 30.0 Å². The van der Waals surface area contributed by atoms with Crippen molar-refractivity contribution in [2.45, 2.75) is 36.8 Å². The maximum absolute atomic E-state index is 12.2. The number of unbranched alkanes of at least 4 members (excludes halogenated alkanes) is 1. The second-order valence-corrected chi connectivity index (χ2v) is 7.97. The third-order valence-corrected chi connectivity index (χ3v) is 6.70. The van der Waals surface area contributed by atoms with E-state index in [1.54, 1.807) is 0 Å². The highest BCUT2D eigenvalue weighted by molar-refractivity contribution is 8.19. The van der Waals surface area contributed by atoms with Crippen LogP contribution in [0.1, 0.15) is 46.7 Å². The van der Waals surface area contributed by atoms with Gasteiger partial charge in [-0.05, 0) is 24.1 Å². The molecule has 1 heterocycles. The molecule has 0 bridgehead atoms. The molecule has 0 aliphatic carbocycles. The molecule has 0 aromatic heterocycles. The van der Waals surface area contributed by atoms with Crippen LogP contribution >= 0.6 is 35.9 Å². The lowest BCUT2D eigenvalue weighted by atomic mass is 10.1. The highest BCUT2D eigenvalue weighted by Gasteiger charge is 2.18. The Labute approximate surface area is 148 Å². The minimum atomic E-state index is -0.0140. The molecule has 22 heavy (non-hydrogen) atoms. The molecular weight excluding hydrogens is 336 g/mol. The Morgan fingerprint density at radius 2 is 1.95 bits per heavy atom. The van der Waals surface area contributed by atoms with Crippen LogP contribution in [0, 0.1) is 0 Å². The maximum atomic E-state index is 12.2. The van der Waals surface area contributed by atoms with Crippen molar-refractivity contribution in [3.63, 3.8) is 0 Å². The van der Waals surface area contributed by atoms with Crippen LogP contribution in [0.25, 0.3) is 0 Å². The Morgan fingerprint density at radius 1 is 1.32 bits per heavy atom. The summed E-state index contributed by atoms with van der Waals surface area (Å²) in [6, 6.07) is 8.09. The first-order valence-corrected chi connectivity index (χ1v) is 9.68. The SMILES string of the molecule is CCCCC(CN)NC(=O)c1ccc(C2SCCS2)cc1.Cl. The topological polar surface area (TPSA) is 55.1 Å². The van der Waals surface area contributed by atoms with E-state index in [4.69, 9.17) is 5.73 Å². The number of hydrogen-bond acceptors (Lipinski definition) is 4. The van der Waals surface area contributed by atoms with Crippen molar-refractivity contribution in [1.29, 1.82) is 0 Å². The first-order valence-electron chi connectivity index (χ1n) is 7.58. The Bertz CT molecular complexity index is 450. The number of thioether (sulfide) groups is 2. The van der Waals surface area contributed by atoms with Crippen LogP contribution in [-0.2, 0) is 0 Å². The number of carbonyl (C=O) groups is 1. The Kier molecular flexibility index (Phi) is 9.33. The predicted molar refractivity (Wildman–Crippen MR) is 101 cm³/mol. The molecule has 1 aliphatic rings. The molecular formula is C16H25ClN2OS2. The lowest BCUT2D eigenvalue weighted by Crippen LogP contribution is -2.40. The van der Waals surface area contributed by atoms with Crippen LogP contribution in [0.3, 0.4) is 0 Å². The van der Waals surface area contributed by atoms with E-state index in [0.717, 1.165) is 24.8 Å². The van der Waals surface area contributed by atoms with Gasteiger partial charge in [0.2, 0.25) is 0 Å². The quantitative estimate of drug-likeness (QED) is 0.775. The summed E-state index contributed by atoms with van der Waals surface area (Å²) >= 11 is 3.96. The second kappa shape index (κ2) is 10.4. The van der Waals surface area contributed by atoms with Crippen LogP contribution in [0.4, 0.5) is 0 Å². The summed E-state index contributed by atoms with van der Waals surface area (Å²) < 4.78 is 0.531. The molecule has 0 radical (unpaired) electrons. The van der Waals surface area contributed by atoms with Gasteiger partial charge in [0.1, 0.15) is 0 Å². The van der Waals surface area contributed by atoms with E-state index in [1.807, 2.05) is 35.7 Å². The van der Waals surface area contributed by atoms with E-state index in [2.05, 4.69) is 24.4 Å². The fourth-order valence-corrected chi connectivity index (χ4v) is 5.17. The summed E-state index contributed by atoms with van der Waals surface area (Å²) in [4.78, 5) is 12.2. The molecule has 0 saturated carbocycles. The van der Waals surface area contributed by atoms with E-state index in [9.17, 15) is 4.79 Å². The number of hydrogen-bond donors (Lipinski definition) is 2. The molecule has 2 rings (SSSR count). The van der Waals surface area contributed by atoms with E-state index in [0.29, 0.717) is 11.1 Å². The fourth-order valence-electron chi connectivity index (χ4n) is 2.31. The van der Waals surface area contributed by atoms with Gasteiger partial charge in [-0.15, -0.1) is 35.9 Å². The van der Waals surface area contributed by atoms with Crippen molar-refractivity contribution in [1.82, 2.24) is 5.32 Å². The Hall–Kier alpha value is -0.360. The van der Waals surface area contributed by atoms with Gasteiger partial charge in [-0.1, -0.05) is 31.9 Å². The van der Waals surface area contributed by atoms with Crippen molar-refractivity contribution < 1.29 is 4.79 Å². The summed E-state index contributed by atoms with van der Waals surface area (Å²) in [5, 5.41) is 3.03. The molecule has 1 aliphatic heterocycles. The summed E-state index contributed by atoms with van der Waals surface area (Å²) in [5.74, 6) is 2.42. The Balaban J connectivity index is 0.00000242. The van der Waals surface area contributed by atoms with Gasteiger partial charge in [-0.3, -0.25) is 4.79 Å². The van der Waals surface area contributed by atoms with Crippen molar-refractivity contribution in [3.05, 3.63) is 35.4 Å². The second-order valence-electron chi connectivity index (χ2n) is 5.24. The number of rotatable bonds is 7. The van der Waals surface area contributed by atoms with Gasteiger partial charge >= 0.3 is 0 Å². The summed E-state index contributed by atoms with van der Waals surface area (Å²) in [7, 11) is 0. The number of halogens is 1. The molecule has 3 nitrogen and oxygen atoms in total. The average Bonchev–Trinajstić information content (AvgIpc) is 3.05. The minimum Gasteiger partial charge on any atom is -0.348 e. The highest BCUT2D eigenvalue weighted by Crippen LogP contribution is 2.45. The van der Waals surface area contributed by atoms with Gasteiger partial charge in [0, 0.05) is 29.7 Å². The van der Waals surface area contributed by atoms with E-state index in [1.165, 1.54) is 17.1 Å². The van der Waals surface area contributed by atoms with Crippen molar-refractivity contribution in [2.75, 3.05) is 18.1 Å². The zero-order valence-corrected chi connectivity index (χ0v) is 15.4. The monoisotopic (exact) mass is 360 g/mol. The molecule has 6 heteroatoms. The molecule has 1 fully saturated rings. The molecule has 1 saturated heterocycles. The average molecular weight is 361 g/mol. The summed E-state index contributed by atoms with van der Waals surface area (Å²) in [5.41, 5.74) is 7.76. The van der Waals surface area contributed by atoms with Gasteiger partial charge in [0.25, 0.3) is 5.91 Å². The van der Waals surface area contributed by atoms with Crippen LogP contribution in [0.2, 0.25) is 0 Å². The zero-order chi connectivity index (χ0) is 15.1. The molecule has 124 valence electrons. The minimum absolute atomic E-state index is 0. The van der Waals surface area contributed by atoms with E-state index in [-0.39, 0.29) is 24.4 Å². The molecule has 1 unspecified atom stereocenters. The van der Waals surface area contributed by atoms with Crippen molar-refractivity contribution >= 4 is 41.8 Å². The van der Waals surface area contributed by atoms with Crippen LogP contribution in [0.5, 0.6) is 0 Å². The van der Waals surface area contributed by atoms with E-state index < -0.39 is 0 Å². The first kappa shape index (κ1) is 19.7. The van der Waals surface area contributed by atoms with Crippen LogP contribution < -0.4 is 11.1 Å². The third-order valence-electron chi connectivity index (χ3n) is 3.59.